The number of furan rings is 1. The highest BCUT2D eigenvalue weighted by Gasteiger charge is 2.29. The van der Waals surface area contributed by atoms with E-state index >= 15 is 0 Å². The van der Waals surface area contributed by atoms with Crippen LogP contribution in [0, 0.1) is 0 Å². The summed E-state index contributed by atoms with van der Waals surface area (Å²) in [5.74, 6) is 1.72. The quantitative estimate of drug-likeness (QED) is 0.852. The first-order valence-corrected chi connectivity index (χ1v) is 8.29. The van der Waals surface area contributed by atoms with E-state index in [4.69, 9.17) is 9.15 Å². The van der Waals surface area contributed by atoms with Gasteiger partial charge in [0.15, 0.2) is 0 Å². The van der Waals surface area contributed by atoms with Crippen LogP contribution in [0.4, 0.5) is 0 Å². The Morgan fingerprint density at radius 3 is 2.77 bits per heavy atom. The van der Waals surface area contributed by atoms with Gasteiger partial charge in [0.1, 0.15) is 11.5 Å². The Bertz CT molecular complexity index is 620. The molecule has 1 saturated heterocycles. The van der Waals surface area contributed by atoms with Gasteiger partial charge in [0.05, 0.1) is 12.1 Å². The third kappa shape index (κ3) is 3.98. The maximum Gasteiger partial charge on any atom is 0.134 e. The minimum absolute atomic E-state index is 0.559. The molecule has 0 unspecified atom stereocenters. The second-order valence-corrected chi connectivity index (χ2v) is 6.63. The van der Waals surface area contributed by atoms with Gasteiger partial charge in [0, 0.05) is 42.6 Å². The van der Waals surface area contributed by atoms with E-state index in [-0.39, 0.29) is 0 Å². The van der Waals surface area contributed by atoms with Crippen LogP contribution in [0.15, 0.2) is 45.3 Å². The van der Waals surface area contributed by atoms with E-state index in [1.165, 1.54) is 0 Å². The molecule has 1 aliphatic heterocycles. The van der Waals surface area contributed by atoms with Crippen molar-refractivity contribution in [1.82, 2.24) is 5.32 Å². The van der Waals surface area contributed by atoms with E-state index < -0.39 is 5.60 Å². The van der Waals surface area contributed by atoms with Gasteiger partial charge in [0.2, 0.25) is 0 Å². The minimum atomic E-state index is -0.655. The normalized spacial score (nSPS) is 17.5. The summed E-state index contributed by atoms with van der Waals surface area (Å²) < 4.78 is 12.2. The van der Waals surface area contributed by atoms with Crippen molar-refractivity contribution >= 4 is 15.9 Å². The first kappa shape index (κ1) is 15.7. The monoisotopic (exact) mass is 365 g/mol. The fourth-order valence-electron chi connectivity index (χ4n) is 2.62. The number of rotatable bonds is 5. The Morgan fingerprint density at radius 2 is 2.00 bits per heavy atom. The summed E-state index contributed by atoms with van der Waals surface area (Å²) >= 11 is 3.47. The first-order valence-electron chi connectivity index (χ1n) is 7.50. The third-order valence-corrected chi connectivity index (χ3v) is 4.44. The van der Waals surface area contributed by atoms with E-state index in [2.05, 4.69) is 21.2 Å². The van der Waals surface area contributed by atoms with Crippen molar-refractivity contribution in [3.05, 3.63) is 46.6 Å². The second kappa shape index (κ2) is 6.96. The summed E-state index contributed by atoms with van der Waals surface area (Å²) in [6, 6.07) is 12.0. The van der Waals surface area contributed by atoms with Gasteiger partial charge in [-0.25, -0.2) is 0 Å². The molecule has 0 bridgehead atoms. The Labute approximate surface area is 138 Å². The van der Waals surface area contributed by atoms with E-state index in [1.807, 2.05) is 36.4 Å². The van der Waals surface area contributed by atoms with Crippen molar-refractivity contribution in [2.24, 2.45) is 0 Å². The zero-order chi connectivity index (χ0) is 15.4. The average molecular weight is 366 g/mol. The second-order valence-electron chi connectivity index (χ2n) is 5.72. The third-order valence-electron chi connectivity index (χ3n) is 3.95. The smallest absolute Gasteiger partial charge is 0.134 e. The van der Waals surface area contributed by atoms with Crippen LogP contribution in [0.3, 0.4) is 0 Å². The number of nitrogens with one attached hydrogen (secondary N) is 1. The van der Waals surface area contributed by atoms with Crippen LogP contribution in [-0.4, -0.2) is 30.5 Å². The molecule has 2 aromatic rings. The van der Waals surface area contributed by atoms with Gasteiger partial charge in [-0.3, -0.25) is 0 Å². The Kier molecular flexibility index (Phi) is 4.98. The fourth-order valence-corrected chi connectivity index (χ4v) is 3.02. The molecule has 5 heteroatoms. The molecule has 0 atom stereocenters. The lowest BCUT2D eigenvalue weighted by atomic mass is 9.94. The number of halogens is 1. The van der Waals surface area contributed by atoms with E-state index in [0.717, 1.165) is 21.6 Å². The summed E-state index contributed by atoms with van der Waals surface area (Å²) in [6.45, 7) is 2.43. The van der Waals surface area contributed by atoms with Gasteiger partial charge in [-0.2, -0.15) is 0 Å². The first-order chi connectivity index (χ1) is 10.6. The van der Waals surface area contributed by atoms with Crippen molar-refractivity contribution in [3.8, 4) is 11.3 Å². The Morgan fingerprint density at radius 1 is 1.18 bits per heavy atom. The van der Waals surface area contributed by atoms with Crippen molar-refractivity contribution in [2.45, 2.75) is 25.0 Å². The predicted molar refractivity (Wildman–Crippen MR) is 88.6 cm³/mol. The molecule has 2 N–H and O–H groups in total. The van der Waals surface area contributed by atoms with Gasteiger partial charge in [0.25, 0.3) is 0 Å². The molecule has 0 radical (unpaired) electrons. The predicted octanol–water partition coefficient (Wildman–Crippen LogP) is 3.34. The molecule has 22 heavy (non-hydrogen) atoms. The maximum atomic E-state index is 10.4. The van der Waals surface area contributed by atoms with Gasteiger partial charge < -0.3 is 19.6 Å². The summed E-state index contributed by atoms with van der Waals surface area (Å²) in [6.07, 6.45) is 1.36. The van der Waals surface area contributed by atoms with Crippen molar-refractivity contribution in [1.29, 1.82) is 0 Å². The zero-order valence-electron chi connectivity index (χ0n) is 12.3. The van der Waals surface area contributed by atoms with Crippen molar-refractivity contribution in [2.75, 3.05) is 19.8 Å². The SMILES string of the molecule is OC1(CNCc2ccc(-c3cccc(Br)c3)o2)CCOCC1. The standard InChI is InChI=1S/C17H20BrNO3/c18-14-3-1-2-13(10-14)16-5-4-15(22-16)11-19-12-17(20)6-8-21-9-7-17/h1-5,10,19-20H,6-9,11-12H2. The van der Waals surface area contributed by atoms with Crippen LogP contribution in [-0.2, 0) is 11.3 Å². The van der Waals surface area contributed by atoms with Crippen LogP contribution in [0.5, 0.6) is 0 Å². The molecule has 2 heterocycles. The highest BCUT2D eigenvalue weighted by molar-refractivity contribution is 9.10. The summed E-state index contributed by atoms with van der Waals surface area (Å²) in [7, 11) is 0. The molecular weight excluding hydrogens is 346 g/mol. The molecule has 1 aromatic carbocycles. The van der Waals surface area contributed by atoms with Gasteiger partial charge >= 0.3 is 0 Å². The molecule has 118 valence electrons. The maximum absolute atomic E-state index is 10.4. The fraction of sp³-hybridized carbons (Fsp3) is 0.412. The molecule has 0 saturated carbocycles. The minimum Gasteiger partial charge on any atom is -0.460 e. The Balaban J connectivity index is 1.56. The summed E-state index contributed by atoms with van der Waals surface area (Å²) in [5, 5.41) is 13.7. The largest absolute Gasteiger partial charge is 0.460 e. The number of aliphatic hydroxyl groups is 1. The molecule has 0 amide bonds. The molecule has 0 aliphatic carbocycles. The topological polar surface area (TPSA) is 54.6 Å². The lowest BCUT2D eigenvalue weighted by Gasteiger charge is -2.32. The molecule has 3 rings (SSSR count). The number of hydrogen-bond acceptors (Lipinski definition) is 4. The lowest BCUT2D eigenvalue weighted by Crippen LogP contribution is -2.44. The number of hydrogen-bond donors (Lipinski definition) is 2. The van der Waals surface area contributed by atoms with Crippen LogP contribution < -0.4 is 5.32 Å². The van der Waals surface area contributed by atoms with Crippen LogP contribution in [0.1, 0.15) is 18.6 Å². The number of ether oxygens (including phenoxy) is 1. The van der Waals surface area contributed by atoms with Crippen LogP contribution in [0.2, 0.25) is 0 Å². The molecule has 4 nitrogen and oxygen atoms in total. The Hall–Kier alpha value is -1.14. The summed E-state index contributed by atoms with van der Waals surface area (Å²) in [4.78, 5) is 0. The number of benzene rings is 1. The van der Waals surface area contributed by atoms with Gasteiger partial charge in [-0.1, -0.05) is 28.1 Å². The summed E-state index contributed by atoms with van der Waals surface area (Å²) in [5.41, 5.74) is 0.390. The van der Waals surface area contributed by atoms with Crippen LogP contribution in [0.25, 0.3) is 11.3 Å². The zero-order valence-corrected chi connectivity index (χ0v) is 13.9. The van der Waals surface area contributed by atoms with E-state index in [1.54, 1.807) is 0 Å². The molecule has 1 fully saturated rings. The van der Waals surface area contributed by atoms with E-state index in [9.17, 15) is 5.11 Å². The highest BCUT2D eigenvalue weighted by Crippen LogP contribution is 2.25. The van der Waals surface area contributed by atoms with Gasteiger partial charge in [-0.05, 0) is 24.3 Å². The van der Waals surface area contributed by atoms with Crippen LogP contribution >= 0.6 is 15.9 Å². The average Bonchev–Trinajstić information content (AvgIpc) is 2.97. The van der Waals surface area contributed by atoms with Gasteiger partial charge in [-0.15, -0.1) is 0 Å². The molecule has 1 aliphatic rings. The molecular formula is C17H20BrNO3. The molecule has 0 spiro atoms. The molecule has 1 aromatic heterocycles. The van der Waals surface area contributed by atoms with Crippen molar-refractivity contribution in [3.63, 3.8) is 0 Å². The lowest BCUT2D eigenvalue weighted by molar-refractivity contribution is -0.0618. The highest BCUT2D eigenvalue weighted by atomic mass is 79.9. The van der Waals surface area contributed by atoms with E-state index in [0.29, 0.717) is 39.1 Å². The van der Waals surface area contributed by atoms with Crippen molar-refractivity contribution < 1.29 is 14.3 Å².